The van der Waals surface area contributed by atoms with Crippen molar-refractivity contribution in [1.82, 2.24) is 14.9 Å². The summed E-state index contributed by atoms with van der Waals surface area (Å²) in [6.45, 7) is 1.53. The number of nitrogens with zero attached hydrogens (tertiary/aromatic N) is 2. The predicted molar refractivity (Wildman–Crippen MR) is 116 cm³/mol. The smallest absolute Gasteiger partial charge is 0.264 e. The Morgan fingerprint density at radius 3 is 2.80 bits per heavy atom. The third-order valence-corrected chi connectivity index (χ3v) is 7.01. The van der Waals surface area contributed by atoms with Crippen LogP contribution in [-0.4, -0.2) is 41.0 Å². The van der Waals surface area contributed by atoms with Gasteiger partial charge in [-0.05, 0) is 37.1 Å². The van der Waals surface area contributed by atoms with E-state index in [-0.39, 0.29) is 18.3 Å². The number of para-hydroxylation sites is 2. The van der Waals surface area contributed by atoms with Gasteiger partial charge in [0.15, 0.2) is 0 Å². The first-order valence-corrected chi connectivity index (χ1v) is 10.9. The lowest BCUT2D eigenvalue weighted by atomic mass is 9.96. The topological polar surface area (TPSA) is 58.2 Å². The van der Waals surface area contributed by atoms with Gasteiger partial charge in [0.25, 0.3) is 5.91 Å². The number of thiophene rings is 1. The minimum absolute atomic E-state index is 0.0364. The number of carbonyl (C=O) groups excluding carboxylic acids is 1. The summed E-state index contributed by atoms with van der Waals surface area (Å²) in [5.41, 5.74) is 2.67. The number of amides is 1. The molecule has 1 aliphatic heterocycles. The molecule has 3 heterocycles. The number of benzene rings is 2. The molecule has 154 valence electrons. The number of methoxy groups -OCH3 is 1. The van der Waals surface area contributed by atoms with Crippen LogP contribution in [0.3, 0.4) is 0 Å². The molecule has 1 amide bonds. The van der Waals surface area contributed by atoms with Crippen molar-refractivity contribution >= 4 is 38.4 Å². The predicted octanol–water partition coefficient (Wildman–Crippen LogP) is 5.08. The minimum Gasteiger partial charge on any atom is -0.380 e. The number of halogens is 1. The maximum Gasteiger partial charge on any atom is 0.264 e. The van der Waals surface area contributed by atoms with E-state index in [4.69, 9.17) is 9.72 Å². The number of likely N-dealkylation sites (tertiary alicyclic amines) is 1. The third-order valence-electron chi connectivity index (χ3n) is 5.82. The van der Waals surface area contributed by atoms with Crippen LogP contribution in [0.15, 0.2) is 42.5 Å². The number of imidazole rings is 1. The molecule has 7 heteroatoms. The van der Waals surface area contributed by atoms with Gasteiger partial charge >= 0.3 is 0 Å². The zero-order chi connectivity index (χ0) is 20.7. The molecule has 4 aromatic rings. The molecule has 30 heavy (non-hydrogen) atoms. The van der Waals surface area contributed by atoms with Gasteiger partial charge in [0.05, 0.1) is 22.5 Å². The van der Waals surface area contributed by atoms with Gasteiger partial charge in [0.2, 0.25) is 0 Å². The summed E-state index contributed by atoms with van der Waals surface area (Å²) in [4.78, 5) is 23.9. The quantitative estimate of drug-likeness (QED) is 0.498. The van der Waals surface area contributed by atoms with Gasteiger partial charge in [-0.2, -0.15) is 0 Å². The molecule has 0 atom stereocenters. The van der Waals surface area contributed by atoms with Crippen LogP contribution in [0.1, 0.15) is 39.8 Å². The van der Waals surface area contributed by atoms with Crippen molar-refractivity contribution in [2.75, 3.05) is 20.2 Å². The molecular weight excluding hydrogens is 401 g/mol. The molecular formula is C23H22FN3O2S. The van der Waals surface area contributed by atoms with Crippen molar-refractivity contribution in [3.8, 4) is 0 Å². The molecule has 2 aromatic carbocycles. The highest BCUT2D eigenvalue weighted by Gasteiger charge is 2.29. The number of fused-ring (bicyclic) bond motifs is 2. The summed E-state index contributed by atoms with van der Waals surface area (Å²) in [5.74, 6) is 0.955. The van der Waals surface area contributed by atoms with Crippen molar-refractivity contribution < 1.29 is 13.9 Å². The Kier molecular flexibility index (Phi) is 5.00. The Labute approximate surface area is 177 Å². The molecule has 1 aliphatic rings. The number of H-pyrrole nitrogens is 1. The molecule has 5 rings (SSSR count). The van der Waals surface area contributed by atoms with Crippen molar-refractivity contribution in [3.05, 3.63) is 64.5 Å². The second kappa shape index (κ2) is 7.81. The van der Waals surface area contributed by atoms with Gasteiger partial charge in [-0.3, -0.25) is 4.79 Å². The summed E-state index contributed by atoms with van der Waals surface area (Å²) in [6.07, 6.45) is 1.70. The van der Waals surface area contributed by atoms with Crippen LogP contribution in [0, 0.1) is 5.82 Å². The zero-order valence-corrected chi connectivity index (χ0v) is 17.5. The molecule has 5 nitrogen and oxygen atoms in total. The molecule has 0 radical (unpaired) electrons. The summed E-state index contributed by atoms with van der Waals surface area (Å²) >= 11 is 1.35. The van der Waals surface area contributed by atoms with Gasteiger partial charge < -0.3 is 14.6 Å². The maximum atomic E-state index is 14.4. The lowest BCUT2D eigenvalue weighted by Crippen LogP contribution is -2.38. The Bertz CT molecular complexity index is 1190. The van der Waals surface area contributed by atoms with E-state index in [1.807, 2.05) is 35.2 Å². The molecule has 1 saturated heterocycles. The highest BCUT2D eigenvalue weighted by atomic mass is 32.1. The maximum absolute atomic E-state index is 14.4. The third kappa shape index (κ3) is 3.28. The van der Waals surface area contributed by atoms with Crippen LogP contribution in [0.4, 0.5) is 4.39 Å². The molecule has 0 aliphatic carbocycles. The van der Waals surface area contributed by atoms with E-state index in [9.17, 15) is 9.18 Å². The van der Waals surface area contributed by atoms with Crippen molar-refractivity contribution in [2.45, 2.75) is 25.4 Å². The number of nitrogens with one attached hydrogen (secondary N) is 1. The number of rotatable bonds is 4. The first kappa shape index (κ1) is 19.2. The molecule has 0 saturated carbocycles. The first-order chi connectivity index (χ1) is 14.7. The number of aromatic amines is 1. The van der Waals surface area contributed by atoms with Crippen LogP contribution in [0.25, 0.3) is 21.1 Å². The number of hydrogen-bond acceptors (Lipinski definition) is 4. The average Bonchev–Trinajstić information content (AvgIpc) is 3.36. The normalized spacial score (nSPS) is 15.3. The van der Waals surface area contributed by atoms with Crippen LogP contribution >= 0.6 is 11.3 Å². The minimum atomic E-state index is -0.307. The zero-order valence-electron chi connectivity index (χ0n) is 16.7. The second-order valence-corrected chi connectivity index (χ2v) is 8.71. The Morgan fingerprint density at radius 1 is 1.23 bits per heavy atom. The van der Waals surface area contributed by atoms with Gasteiger partial charge in [0.1, 0.15) is 11.6 Å². The van der Waals surface area contributed by atoms with E-state index in [0.717, 1.165) is 34.4 Å². The molecule has 0 bridgehead atoms. The van der Waals surface area contributed by atoms with Crippen LogP contribution in [-0.2, 0) is 11.3 Å². The van der Waals surface area contributed by atoms with E-state index >= 15 is 0 Å². The number of piperidine rings is 1. The SMILES string of the molecule is COCc1c(C(=O)N2CCC(c3nc4ccccc4[nH]3)CC2)sc2cccc(F)c12. The Morgan fingerprint density at radius 2 is 2.03 bits per heavy atom. The monoisotopic (exact) mass is 423 g/mol. The largest absolute Gasteiger partial charge is 0.380 e. The van der Waals surface area contributed by atoms with E-state index in [1.165, 1.54) is 17.4 Å². The van der Waals surface area contributed by atoms with Gasteiger partial charge in [-0.15, -0.1) is 11.3 Å². The number of aromatic nitrogens is 2. The number of carbonyl (C=O) groups is 1. The van der Waals surface area contributed by atoms with Gasteiger partial charge in [-0.1, -0.05) is 18.2 Å². The van der Waals surface area contributed by atoms with Crippen LogP contribution < -0.4 is 0 Å². The summed E-state index contributed by atoms with van der Waals surface area (Å²) in [7, 11) is 1.57. The standard InChI is InChI=1S/C23H22FN3O2S/c1-29-13-15-20-16(24)5-4-8-19(20)30-21(15)23(28)27-11-9-14(10-12-27)22-25-17-6-2-3-7-18(17)26-22/h2-8,14H,9-13H2,1H3,(H,25,26). The highest BCUT2D eigenvalue weighted by molar-refractivity contribution is 7.21. The fraction of sp³-hybridized carbons (Fsp3) is 0.304. The van der Waals surface area contributed by atoms with Crippen molar-refractivity contribution in [3.63, 3.8) is 0 Å². The Balaban J connectivity index is 1.37. The molecule has 1 N–H and O–H groups in total. The highest BCUT2D eigenvalue weighted by Crippen LogP contribution is 2.36. The van der Waals surface area contributed by atoms with Gasteiger partial charge in [-0.25, -0.2) is 9.37 Å². The number of ether oxygens (including phenoxy) is 1. The van der Waals surface area contributed by atoms with Crippen molar-refractivity contribution in [1.29, 1.82) is 0 Å². The van der Waals surface area contributed by atoms with E-state index in [1.54, 1.807) is 13.2 Å². The fourth-order valence-corrected chi connectivity index (χ4v) is 5.48. The molecule has 0 spiro atoms. The molecule has 0 unspecified atom stereocenters. The summed E-state index contributed by atoms with van der Waals surface area (Å²) in [6, 6.07) is 13.0. The van der Waals surface area contributed by atoms with Gasteiger partial charge in [0, 0.05) is 41.8 Å². The molecule has 1 fully saturated rings. The van der Waals surface area contributed by atoms with Crippen LogP contribution in [0.2, 0.25) is 0 Å². The average molecular weight is 424 g/mol. The lowest BCUT2D eigenvalue weighted by molar-refractivity contribution is 0.0712. The Hall–Kier alpha value is -2.77. The van der Waals surface area contributed by atoms with E-state index in [0.29, 0.717) is 34.8 Å². The molecule has 2 aromatic heterocycles. The van der Waals surface area contributed by atoms with Crippen molar-refractivity contribution in [2.24, 2.45) is 0 Å². The summed E-state index contributed by atoms with van der Waals surface area (Å²) < 4.78 is 20.5. The second-order valence-electron chi connectivity index (χ2n) is 7.66. The first-order valence-electron chi connectivity index (χ1n) is 10.1. The summed E-state index contributed by atoms with van der Waals surface area (Å²) in [5, 5.41) is 0.505. The van der Waals surface area contributed by atoms with Crippen LogP contribution in [0.5, 0.6) is 0 Å². The number of hydrogen-bond donors (Lipinski definition) is 1. The fourth-order valence-electron chi connectivity index (χ4n) is 4.29. The van der Waals surface area contributed by atoms with E-state index < -0.39 is 0 Å². The lowest BCUT2D eigenvalue weighted by Gasteiger charge is -2.31. The van der Waals surface area contributed by atoms with E-state index in [2.05, 4.69) is 4.98 Å².